The molecule has 0 aliphatic rings. The van der Waals surface area contributed by atoms with Crippen LogP contribution < -0.4 is 5.32 Å². The molecule has 0 radical (unpaired) electrons. The van der Waals surface area contributed by atoms with Gasteiger partial charge >= 0.3 is 0 Å². The molecule has 1 heterocycles. The summed E-state index contributed by atoms with van der Waals surface area (Å²) in [4.78, 5) is 16.4. The van der Waals surface area contributed by atoms with Crippen LogP contribution in [0.15, 0.2) is 36.5 Å². The quantitative estimate of drug-likeness (QED) is 0.883. The van der Waals surface area contributed by atoms with Gasteiger partial charge in [-0.3, -0.25) is 9.78 Å². The number of benzene rings is 1. The zero-order valence-electron chi connectivity index (χ0n) is 11.2. The third-order valence-corrected chi connectivity index (χ3v) is 3.29. The highest BCUT2D eigenvalue weighted by Gasteiger charge is 2.19. The standard InChI is InChI=1S/C15H18N2O2/c1-3-15(2,19)10-17-14(18)12-8-9-16-13-7-5-4-6-11(12)13/h4-9,19H,3,10H2,1-2H3,(H,17,18). The molecule has 1 amide bonds. The first-order valence-electron chi connectivity index (χ1n) is 6.38. The summed E-state index contributed by atoms with van der Waals surface area (Å²) >= 11 is 0. The molecule has 1 atom stereocenters. The third-order valence-electron chi connectivity index (χ3n) is 3.29. The minimum absolute atomic E-state index is 0.188. The minimum atomic E-state index is -0.876. The highest BCUT2D eigenvalue weighted by molar-refractivity contribution is 6.05. The summed E-state index contributed by atoms with van der Waals surface area (Å²) < 4.78 is 0. The first-order chi connectivity index (χ1) is 9.03. The minimum Gasteiger partial charge on any atom is -0.388 e. The second-order valence-electron chi connectivity index (χ2n) is 4.91. The van der Waals surface area contributed by atoms with Crippen LogP contribution in [-0.4, -0.2) is 28.1 Å². The van der Waals surface area contributed by atoms with Gasteiger partial charge < -0.3 is 10.4 Å². The molecule has 1 aromatic heterocycles. The Morgan fingerprint density at radius 2 is 2.11 bits per heavy atom. The number of hydrogen-bond acceptors (Lipinski definition) is 3. The number of rotatable bonds is 4. The number of amides is 1. The molecule has 2 rings (SSSR count). The van der Waals surface area contributed by atoms with Crippen LogP contribution in [0, 0.1) is 0 Å². The summed E-state index contributed by atoms with van der Waals surface area (Å²) in [6.45, 7) is 3.82. The lowest BCUT2D eigenvalue weighted by Crippen LogP contribution is -2.40. The lowest BCUT2D eigenvalue weighted by Gasteiger charge is -2.21. The molecule has 4 heteroatoms. The molecule has 1 unspecified atom stereocenters. The van der Waals surface area contributed by atoms with Gasteiger partial charge in [0.05, 0.1) is 16.7 Å². The van der Waals surface area contributed by atoms with Crippen molar-refractivity contribution >= 4 is 16.8 Å². The van der Waals surface area contributed by atoms with E-state index in [9.17, 15) is 9.90 Å². The molecular formula is C15H18N2O2. The van der Waals surface area contributed by atoms with Gasteiger partial charge in [-0.25, -0.2) is 0 Å². The summed E-state index contributed by atoms with van der Waals surface area (Å²) in [5.41, 5.74) is 0.494. The van der Waals surface area contributed by atoms with Gasteiger partial charge in [-0.15, -0.1) is 0 Å². The highest BCUT2D eigenvalue weighted by Crippen LogP contribution is 2.16. The van der Waals surface area contributed by atoms with Crippen molar-refractivity contribution in [2.24, 2.45) is 0 Å². The van der Waals surface area contributed by atoms with Crippen LogP contribution in [0.25, 0.3) is 10.9 Å². The monoisotopic (exact) mass is 258 g/mol. The maximum absolute atomic E-state index is 12.2. The largest absolute Gasteiger partial charge is 0.388 e. The summed E-state index contributed by atoms with van der Waals surface area (Å²) in [6, 6.07) is 9.20. The fourth-order valence-electron chi connectivity index (χ4n) is 1.78. The second-order valence-corrected chi connectivity index (χ2v) is 4.91. The number of para-hydroxylation sites is 1. The molecule has 0 bridgehead atoms. The van der Waals surface area contributed by atoms with E-state index in [-0.39, 0.29) is 12.5 Å². The number of carbonyl (C=O) groups is 1. The predicted molar refractivity (Wildman–Crippen MR) is 75.0 cm³/mol. The molecule has 1 aromatic carbocycles. The van der Waals surface area contributed by atoms with E-state index in [2.05, 4.69) is 10.3 Å². The molecular weight excluding hydrogens is 240 g/mol. The summed E-state index contributed by atoms with van der Waals surface area (Å²) in [7, 11) is 0. The molecule has 0 spiro atoms. The number of nitrogens with one attached hydrogen (secondary N) is 1. The molecule has 0 saturated carbocycles. The van der Waals surface area contributed by atoms with E-state index in [1.807, 2.05) is 31.2 Å². The van der Waals surface area contributed by atoms with E-state index in [1.54, 1.807) is 19.2 Å². The number of carbonyl (C=O) groups excluding carboxylic acids is 1. The Labute approximate surface area is 112 Å². The van der Waals surface area contributed by atoms with Crippen LogP contribution in [0.4, 0.5) is 0 Å². The van der Waals surface area contributed by atoms with Crippen LogP contribution in [0.5, 0.6) is 0 Å². The first-order valence-corrected chi connectivity index (χ1v) is 6.38. The van der Waals surface area contributed by atoms with Crippen LogP contribution in [-0.2, 0) is 0 Å². The van der Waals surface area contributed by atoms with Crippen molar-refractivity contribution < 1.29 is 9.90 Å². The highest BCUT2D eigenvalue weighted by atomic mass is 16.3. The molecule has 2 N–H and O–H groups in total. The molecule has 0 saturated heterocycles. The lowest BCUT2D eigenvalue weighted by molar-refractivity contribution is 0.0519. The molecule has 2 aromatic rings. The van der Waals surface area contributed by atoms with E-state index in [1.165, 1.54) is 0 Å². The topological polar surface area (TPSA) is 62.2 Å². The van der Waals surface area contributed by atoms with Gasteiger partial charge in [0.1, 0.15) is 0 Å². The zero-order valence-corrected chi connectivity index (χ0v) is 11.2. The van der Waals surface area contributed by atoms with Gasteiger partial charge in [0, 0.05) is 18.1 Å². The van der Waals surface area contributed by atoms with Crippen LogP contribution in [0.1, 0.15) is 30.6 Å². The summed E-state index contributed by atoms with van der Waals surface area (Å²) in [5.74, 6) is -0.188. The maximum Gasteiger partial charge on any atom is 0.252 e. The van der Waals surface area contributed by atoms with Crippen molar-refractivity contribution in [3.8, 4) is 0 Å². The summed E-state index contributed by atoms with van der Waals surface area (Å²) in [5, 5.41) is 13.5. The van der Waals surface area contributed by atoms with Crippen molar-refractivity contribution in [1.29, 1.82) is 0 Å². The Hall–Kier alpha value is -1.94. The second kappa shape index (κ2) is 5.36. The number of aliphatic hydroxyl groups is 1. The van der Waals surface area contributed by atoms with Crippen LogP contribution in [0.3, 0.4) is 0 Å². The Bertz CT molecular complexity index is 588. The van der Waals surface area contributed by atoms with Gasteiger partial charge in [-0.2, -0.15) is 0 Å². The number of nitrogens with zero attached hydrogens (tertiary/aromatic N) is 1. The molecule has 0 fully saturated rings. The van der Waals surface area contributed by atoms with Crippen molar-refractivity contribution in [1.82, 2.24) is 10.3 Å². The van der Waals surface area contributed by atoms with Crippen LogP contribution in [0.2, 0.25) is 0 Å². The van der Waals surface area contributed by atoms with E-state index in [0.29, 0.717) is 12.0 Å². The van der Waals surface area contributed by atoms with Gasteiger partial charge in [0.25, 0.3) is 5.91 Å². The number of pyridine rings is 1. The number of fused-ring (bicyclic) bond motifs is 1. The normalized spacial score (nSPS) is 14.1. The average Bonchev–Trinajstić information content (AvgIpc) is 2.44. The summed E-state index contributed by atoms with van der Waals surface area (Å²) in [6.07, 6.45) is 2.21. The van der Waals surface area contributed by atoms with E-state index in [0.717, 1.165) is 10.9 Å². The fraction of sp³-hybridized carbons (Fsp3) is 0.333. The molecule has 19 heavy (non-hydrogen) atoms. The van der Waals surface area contributed by atoms with E-state index < -0.39 is 5.60 Å². The van der Waals surface area contributed by atoms with Gasteiger partial charge in [-0.1, -0.05) is 25.1 Å². The zero-order chi connectivity index (χ0) is 13.9. The average molecular weight is 258 g/mol. The Morgan fingerprint density at radius 1 is 1.37 bits per heavy atom. The number of hydrogen-bond donors (Lipinski definition) is 2. The van der Waals surface area contributed by atoms with E-state index >= 15 is 0 Å². The lowest BCUT2D eigenvalue weighted by atomic mass is 10.0. The predicted octanol–water partition coefficient (Wildman–Crippen LogP) is 2.13. The van der Waals surface area contributed by atoms with Crippen LogP contribution >= 0.6 is 0 Å². The van der Waals surface area contributed by atoms with Gasteiger partial charge in [0.15, 0.2) is 0 Å². The van der Waals surface area contributed by atoms with Crippen molar-refractivity contribution in [2.45, 2.75) is 25.9 Å². The molecule has 0 aliphatic heterocycles. The first kappa shape index (κ1) is 13.5. The Balaban J connectivity index is 2.23. The molecule has 0 aliphatic carbocycles. The fourth-order valence-corrected chi connectivity index (χ4v) is 1.78. The smallest absolute Gasteiger partial charge is 0.252 e. The van der Waals surface area contributed by atoms with Crippen molar-refractivity contribution in [3.05, 3.63) is 42.1 Å². The SMILES string of the molecule is CCC(C)(O)CNC(=O)c1ccnc2ccccc12. The Morgan fingerprint density at radius 3 is 2.84 bits per heavy atom. The molecule has 100 valence electrons. The Kier molecular flexibility index (Phi) is 3.81. The van der Waals surface area contributed by atoms with E-state index in [4.69, 9.17) is 0 Å². The maximum atomic E-state index is 12.2. The van der Waals surface area contributed by atoms with Crippen molar-refractivity contribution in [2.75, 3.05) is 6.54 Å². The number of aromatic nitrogens is 1. The van der Waals surface area contributed by atoms with Gasteiger partial charge in [-0.05, 0) is 25.5 Å². The van der Waals surface area contributed by atoms with Gasteiger partial charge in [0.2, 0.25) is 0 Å². The molecule has 4 nitrogen and oxygen atoms in total. The third kappa shape index (κ3) is 3.09. The van der Waals surface area contributed by atoms with Crippen molar-refractivity contribution in [3.63, 3.8) is 0 Å².